The molecule has 0 saturated carbocycles. The normalized spacial score (nSPS) is 11.5. The van der Waals surface area contributed by atoms with Gasteiger partial charge in [0.05, 0.1) is 0 Å². The van der Waals surface area contributed by atoms with E-state index < -0.39 is 6.10 Å². The van der Waals surface area contributed by atoms with Crippen molar-refractivity contribution in [1.29, 1.82) is 0 Å². The minimum Gasteiger partial charge on any atom is -0.384 e. The molecule has 2 atom stereocenters. The molecule has 0 radical (unpaired) electrons. The van der Waals surface area contributed by atoms with Crippen molar-refractivity contribution >= 4 is 29.1 Å². The van der Waals surface area contributed by atoms with Crippen molar-refractivity contribution < 1.29 is 5.11 Å². The lowest BCUT2D eigenvalue weighted by Gasteiger charge is -2.27. The second-order valence-electron chi connectivity index (χ2n) is 7.06. The first kappa shape index (κ1) is 19.6. The average Bonchev–Trinajstić information content (AvgIpc) is 2.55. The van der Waals surface area contributed by atoms with Crippen molar-refractivity contribution in [2.75, 3.05) is 0 Å². The Kier molecular flexibility index (Phi) is 5.61. The Hall–Kier alpha value is -0.740. The van der Waals surface area contributed by atoms with Crippen LogP contribution in [-0.2, 0) is 0 Å². The third kappa shape index (κ3) is 2.86. The van der Waals surface area contributed by atoms with Gasteiger partial charge >= 0.3 is 0 Å². The zero-order valence-corrected chi connectivity index (χ0v) is 18.5. The van der Waals surface area contributed by atoms with Crippen LogP contribution in [0.5, 0.6) is 0 Å². The van der Waals surface area contributed by atoms with Gasteiger partial charge in [-0.25, -0.2) is 0 Å². The molecule has 24 heavy (non-hydrogen) atoms. The molecule has 2 aromatic carbocycles. The van der Waals surface area contributed by atoms with E-state index >= 15 is 0 Å². The highest BCUT2D eigenvalue weighted by Crippen LogP contribution is 2.33. The Morgan fingerprint density at radius 1 is 0.500 bits per heavy atom. The number of aliphatic hydroxyl groups is 1. The maximum Gasteiger partial charge on any atom is 0.106 e. The molecule has 3 heteroatoms. The van der Waals surface area contributed by atoms with Crippen molar-refractivity contribution in [3.05, 3.63) is 55.6 Å². The van der Waals surface area contributed by atoms with E-state index in [2.05, 4.69) is 73.9 Å². The number of aliphatic hydroxyl groups excluding tert-OH is 1. The van der Waals surface area contributed by atoms with E-state index in [9.17, 15) is 5.11 Å². The topological polar surface area (TPSA) is 20.2 Å². The molecule has 1 nitrogen and oxygen atoms in total. The second-order valence-corrected chi connectivity index (χ2v) is 8.21. The van der Waals surface area contributed by atoms with E-state index in [1.165, 1.54) is 44.5 Å². The van der Waals surface area contributed by atoms with Crippen LogP contribution in [0.3, 0.4) is 0 Å². The summed E-state index contributed by atoms with van der Waals surface area (Å²) in [6, 6.07) is 0. The molecule has 0 amide bonds. The lowest BCUT2D eigenvalue weighted by Crippen LogP contribution is -2.23. The summed E-state index contributed by atoms with van der Waals surface area (Å²) < 4.78 is 0. The van der Waals surface area contributed by atoms with Crippen LogP contribution in [0.15, 0.2) is 0 Å². The van der Waals surface area contributed by atoms with Gasteiger partial charge in [0.1, 0.15) is 6.10 Å². The quantitative estimate of drug-likeness (QED) is 0.795. The standard InChI is InChI=1S/C21H30OP2/c1-9-11(3)15(7)20(23)17(13(9)5)19(22)18-14(6)10(2)12(4)16(8)21(18)24/h19,22H,23-24H2,1-8H3. The first-order valence-corrected chi connectivity index (χ1v) is 9.57. The van der Waals surface area contributed by atoms with Crippen LogP contribution >= 0.6 is 18.5 Å². The minimum absolute atomic E-state index is 0.610. The van der Waals surface area contributed by atoms with Crippen LogP contribution in [0.1, 0.15) is 61.7 Å². The average molecular weight is 360 g/mol. The number of hydrogen-bond donors (Lipinski definition) is 1. The molecule has 0 spiro atoms. The lowest BCUT2D eigenvalue weighted by atomic mass is 9.85. The largest absolute Gasteiger partial charge is 0.384 e. The van der Waals surface area contributed by atoms with Gasteiger partial charge in [0.15, 0.2) is 0 Å². The first-order chi connectivity index (χ1) is 11.0. The van der Waals surface area contributed by atoms with Gasteiger partial charge in [-0.05, 0) is 122 Å². The van der Waals surface area contributed by atoms with E-state index in [-0.39, 0.29) is 0 Å². The summed E-state index contributed by atoms with van der Waals surface area (Å²) in [5.41, 5.74) is 12.1. The molecule has 2 unspecified atom stereocenters. The van der Waals surface area contributed by atoms with E-state index in [4.69, 9.17) is 0 Å². The molecule has 2 aromatic rings. The van der Waals surface area contributed by atoms with Crippen molar-refractivity contribution in [2.45, 2.75) is 61.5 Å². The fraction of sp³-hybridized carbons (Fsp3) is 0.429. The van der Waals surface area contributed by atoms with Crippen molar-refractivity contribution in [1.82, 2.24) is 0 Å². The Labute approximate surface area is 151 Å². The molecule has 0 bridgehead atoms. The molecular weight excluding hydrogens is 330 g/mol. The van der Waals surface area contributed by atoms with Gasteiger partial charge in [-0.1, -0.05) is 0 Å². The van der Waals surface area contributed by atoms with Crippen LogP contribution in [0, 0.1) is 55.4 Å². The number of hydrogen-bond acceptors (Lipinski definition) is 1. The summed E-state index contributed by atoms with van der Waals surface area (Å²) in [7, 11) is 5.71. The smallest absolute Gasteiger partial charge is 0.106 e. The molecule has 130 valence electrons. The van der Waals surface area contributed by atoms with E-state index in [0.29, 0.717) is 0 Å². The Morgan fingerprint density at radius 3 is 1.04 bits per heavy atom. The monoisotopic (exact) mass is 360 g/mol. The van der Waals surface area contributed by atoms with Gasteiger partial charge in [-0.3, -0.25) is 0 Å². The van der Waals surface area contributed by atoms with Crippen LogP contribution in [0.4, 0.5) is 0 Å². The van der Waals surface area contributed by atoms with Crippen LogP contribution in [0.2, 0.25) is 0 Å². The zero-order chi connectivity index (χ0) is 18.5. The minimum atomic E-state index is -0.610. The van der Waals surface area contributed by atoms with Gasteiger partial charge in [-0.15, -0.1) is 18.5 Å². The van der Waals surface area contributed by atoms with Gasteiger partial charge in [0.2, 0.25) is 0 Å². The molecule has 0 fully saturated rings. The highest BCUT2D eigenvalue weighted by Gasteiger charge is 2.25. The van der Waals surface area contributed by atoms with E-state index in [1.54, 1.807) is 0 Å². The maximum atomic E-state index is 11.4. The summed E-state index contributed by atoms with van der Waals surface area (Å²) in [6.07, 6.45) is -0.610. The molecular formula is C21H30OP2. The molecule has 0 saturated heterocycles. The maximum absolute atomic E-state index is 11.4. The van der Waals surface area contributed by atoms with Gasteiger partial charge < -0.3 is 5.11 Å². The molecule has 0 heterocycles. The van der Waals surface area contributed by atoms with Crippen LogP contribution in [-0.4, -0.2) is 5.11 Å². The SMILES string of the molecule is Cc1c(C)c(C)c(C(O)c2c(C)c(C)c(C)c(C)c2P)c(P)c1C. The Bertz CT molecular complexity index is 707. The number of benzene rings is 2. The highest BCUT2D eigenvalue weighted by molar-refractivity contribution is 7.28. The molecule has 0 aromatic heterocycles. The highest BCUT2D eigenvalue weighted by atomic mass is 31.0. The predicted octanol–water partition coefficient (Wildman–Crippen LogP) is 4.24. The van der Waals surface area contributed by atoms with Gasteiger partial charge in [0.25, 0.3) is 0 Å². The van der Waals surface area contributed by atoms with Crippen LogP contribution < -0.4 is 10.6 Å². The number of rotatable bonds is 2. The fourth-order valence-corrected chi connectivity index (χ4v) is 4.77. The third-order valence-corrected chi connectivity index (χ3v) is 7.61. The Morgan fingerprint density at radius 2 is 0.750 bits per heavy atom. The van der Waals surface area contributed by atoms with Crippen molar-refractivity contribution in [3.8, 4) is 0 Å². The van der Waals surface area contributed by atoms with E-state index in [1.807, 2.05) is 0 Å². The third-order valence-electron chi connectivity index (χ3n) is 6.12. The van der Waals surface area contributed by atoms with Crippen molar-refractivity contribution in [3.63, 3.8) is 0 Å². The molecule has 1 N–H and O–H groups in total. The molecule has 0 aliphatic carbocycles. The summed E-state index contributed by atoms with van der Waals surface area (Å²) in [6.45, 7) is 17.2. The second kappa shape index (κ2) is 6.87. The Balaban J connectivity index is 2.84. The zero-order valence-electron chi connectivity index (χ0n) is 16.2. The summed E-state index contributed by atoms with van der Waals surface area (Å²) in [5, 5.41) is 13.6. The fourth-order valence-electron chi connectivity index (χ4n) is 3.59. The first-order valence-electron chi connectivity index (χ1n) is 8.41. The lowest BCUT2D eigenvalue weighted by molar-refractivity contribution is 0.221. The summed E-state index contributed by atoms with van der Waals surface area (Å²) in [4.78, 5) is 0. The van der Waals surface area contributed by atoms with Crippen LogP contribution in [0.25, 0.3) is 0 Å². The van der Waals surface area contributed by atoms with E-state index in [0.717, 1.165) is 21.7 Å². The predicted molar refractivity (Wildman–Crippen MR) is 114 cm³/mol. The van der Waals surface area contributed by atoms with Gasteiger partial charge in [0, 0.05) is 0 Å². The summed E-state index contributed by atoms with van der Waals surface area (Å²) in [5.74, 6) is 0. The molecule has 2 rings (SSSR count). The summed E-state index contributed by atoms with van der Waals surface area (Å²) >= 11 is 0. The van der Waals surface area contributed by atoms with Gasteiger partial charge in [-0.2, -0.15) is 0 Å². The van der Waals surface area contributed by atoms with Crippen molar-refractivity contribution in [2.24, 2.45) is 0 Å². The molecule has 0 aliphatic heterocycles. The molecule has 0 aliphatic rings.